The second-order valence-corrected chi connectivity index (χ2v) is 8.41. The first-order chi connectivity index (χ1) is 9.34. The minimum atomic E-state index is -4.39. The van der Waals surface area contributed by atoms with Gasteiger partial charge in [0, 0.05) is 18.8 Å². The Morgan fingerprint density at radius 2 is 1.81 bits per heavy atom. The first-order valence-corrected chi connectivity index (χ1v) is 8.34. The summed E-state index contributed by atoms with van der Waals surface area (Å²) in [6.07, 6.45) is -3.24. The summed E-state index contributed by atoms with van der Waals surface area (Å²) >= 11 is 0. The van der Waals surface area contributed by atoms with Crippen LogP contribution in [0.5, 0.6) is 0 Å². The van der Waals surface area contributed by atoms with Crippen LogP contribution in [0.4, 0.5) is 13.2 Å². The van der Waals surface area contributed by atoms with E-state index in [0.29, 0.717) is 5.56 Å². The van der Waals surface area contributed by atoms with Gasteiger partial charge < -0.3 is 5.32 Å². The molecule has 0 saturated heterocycles. The SMILES string of the molecule is CC(NCC(C)(C)S(C)(=O)=O)c1cccc(C(F)(F)F)c1. The van der Waals surface area contributed by atoms with Crippen LogP contribution in [0.15, 0.2) is 24.3 Å². The number of alkyl halides is 3. The molecule has 1 unspecified atom stereocenters. The number of nitrogens with one attached hydrogen (secondary N) is 1. The number of sulfone groups is 1. The molecule has 1 aromatic rings. The fourth-order valence-corrected chi connectivity index (χ4v) is 1.98. The summed E-state index contributed by atoms with van der Waals surface area (Å²) in [6, 6.07) is 4.63. The molecule has 3 nitrogen and oxygen atoms in total. The van der Waals surface area contributed by atoms with Gasteiger partial charge in [0.25, 0.3) is 0 Å². The lowest BCUT2D eigenvalue weighted by atomic mass is 10.0. The van der Waals surface area contributed by atoms with Gasteiger partial charge in [0.15, 0.2) is 9.84 Å². The number of rotatable bonds is 5. The predicted octanol–water partition coefficient (Wildman–Crippen LogP) is 3.18. The average Bonchev–Trinajstić information content (AvgIpc) is 2.34. The van der Waals surface area contributed by atoms with Crippen LogP contribution in [0.2, 0.25) is 0 Å². The van der Waals surface area contributed by atoms with Gasteiger partial charge in [-0.3, -0.25) is 0 Å². The molecule has 0 spiro atoms. The van der Waals surface area contributed by atoms with Crippen molar-refractivity contribution < 1.29 is 21.6 Å². The normalized spacial score (nSPS) is 15.0. The minimum absolute atomic E-state index is 0.156. The van der Waals surface area contributed by atoms with Gasteiger partial charge in [-0.2, -0.15) is 13.2 Å². The Morgan fingerprint density at radius 3 is 2.29 bits per heavy atom. The van der Waals surface area contributed by atoms with E-state index >= 15 is 0 Å². The quantitative estimate of drug-likeness (QED) is 0.905. The highest BCUT2D eigenvalue weighted by molar-refractivity contribution is 7.92. The van der Waals surface area contributed by atoms with E-state index in [-0.39, 0.29) is 12.6 Å². The lowest BCUT2D eigenvalue weighted by molar-refractivity contribution is -0.137. The third kappa shape index (κ3) is 4.71. The van der Waals surface area contributed by atoms with Gasteiger partial charge >= 0.3 is 6.18 Å². The van der Waals surface area contributed by atoms with E-state index in [9.17, 15) is 21.6 Å². The molecule has 0 bridgehead atoms. The third-order valence-corrected chi connectivity index (χ3v) is 5.70. The molecular weight excluding hydrogens is 303 g/mol. The highest BCUT2D eigenvalue weighted by atomic mass is 32.2. The molecule has 1 aromatic carbocycles. The van der Waals surface area contributed by atoms with Crippen molar-refractivity contribution in [1.82, 2.24) is 5.32 Å². The Kier molecular flexibility index (Phi) is 5.10. The van der Waals surface area contributed by atoms with E-state index in [1.807, 2.05) is 0 Å². The number of hydrogen-bond donors (Lipinski definition) is 1. The maximum atomic E-state index is 12.7. The molecule has 1 rings (SSSR count). The van der Waals surface area contributed by atoms with Crippen LogP contribution < -0.4 is 5.32 Å². The number of halogens is 3. The van der Waals surface area contributed by atoms with E-state index in [1.165, 1.54) is 6.07 Å². The third-order valence-electron chi connectivity index (χ3n) is 3.55. The van der Waals surface area contributed by atoms with Gasteiger partial charge in [-0.1, -0.05) is 12.1 Å². The Hall–Kier alpha value is -1.08. The van der Waals surface area contributed by atoms with Crippen LogP contribution in [0.3, 0.4) is 0 Å². The van der Waals surface area contributed by atoms with Crippen LogP contribution in [-0.2, 0) is 16.0 Å². The van der Waals surface area contributed by atoms with Gasteiger partial charge in [-0.25, -0.2) is 8.42 Å². The van der Waals surface area contributed by atoms with Crippen molar-refractivity contribution in [3.63, 3.8) is 0 Å². The summed E-state index contributed by atoms with van der Waals surface area (Å²) in [7, 11) is -3.25. The molecular formula is C14H20F3NO2S. The van der Waals surface area contributed by atoms with E-state index < -0.39 is 26.3 Å². The Bertz CT molecular complexity index is 594. The van der Waals surface area contributed by atoms with Crippen LogP contribution in [0, 0.1) is 0 Å². The predicted molar refractivity (Wildman–Crippen MR) is 76.8 cm³/mol. The second kappa shape index (κ2) is 5.96. The van der Waals surface area contributed by atoms with Gasteiger partial charge in [0.1, 0.15) is 0 Å². The van der Waals surface area contributed by atoms with E-state index in [1.54, 1.807) is 26.8 Å². The fourth-order valence-electron chi connectivity index (χ4n) is 1.63. The van der Waals surface area contributed by atoms with Crippen molar-refractivity contribution in [3.05, 3.63) is 35.4 Å². The summed E-state index contributed by atoms with van der Waals surface area (Å²) in [5.41, 5.74) is -0.245. The topological polar surface area (TPSA) is 46.2 Å². The number of hydrogen-bond acceptors (Lipinski definition) is 3. The molecule has 120 valence electrons. The molecule has 0 aromatic heterocycles. The Labute approximate surface area is 123 Å². The second-order valence-electron chi connectivity index (χ2n) is 5.76. The molecule has 0 aliphatic heterocycles. The molecule has 0 saturated carbocycles. The van der Waals surface area contributed by atoms with Crippen LogP contribution >= 0.6 is 0 Å². The van der Waals surface area contributed by atoms with E-state index in [4.69, 9.17) is 0 Å². The highest BCUT2D eigenvalue weighted by Gasteiger charge is 2.32. The molecule has 0 aliphatic rings. The Balaban J connectivity index is 2.84. The van der Waals surface area contributed by atoms with Crippen molar-refractivity contribution in [2.24, 2.45) is 0 Å². The molecule has 0 fully saturated rings. The minimum Gasteiger partial charge on any atom is -0.309 e. The fraction of sp³-hybridized carbons (Fsp3) is 0.571. The smallest absolute Gasteiger partial charge is 0.309 e. The molecule has 1 atom stereocenters. The highest BCUT2D eigenvalue weighted by Crippen LogP contribution is 2.30. The first kappa shape index (κ1) is 18.0. The lowest BCUT2D eigenvalue weighted by Gasteiger charge is -2.25. The zero-order valence-corrected chi connectivity index (χ0v) is 13.3. The number of benzene rings is 1. The molecule has 21 heavy (non-hydrogen) atoms. The van der Waals surface area contributed by atoms with Crippen molar-refractivity contribution in [2.45, 2.75) is 37.7 Å². The maximum Gasteiger partial charge on any atom is 0.416 e. The first-order valence-electron chi connectivity index (χ1n) is 6.45. The van der Waals surface area contributed by atoms with Crippen LogP contribution in [0.1, 0.15) is 37.9 Å². The summed E-state index contributed by atoms with van der Waals surface area (Å²) in [6.45, 7) is 5.01. The van der Waals surface area contributed by atoms with Gasteiger partial charge in [-0.15, -0.1) is 0 Å². The molecule has 0 amide bonds. The van der Waals surface area contributed by atoms with Crippen molar-refractivity contribution in [3.8, 4) is 0 Å². The lowest BCUT2D eigenvalue weighted by Crippen LogP contribution is -2.42. The standard InChI is InChI=1S/C14H20F3NO2S/c1-10(18-9-13(2,3)21(4,19)20)11-6-5-7-12(8-11)14(15,16)17/h5-8,10,18H,9H2,1-4H3. The van der Waals surface area contributed by atoms with Crippen molar-refractivity contribution >= 4 is 9.84 Å². The monoisotopic (exact) mass is 323 g/mol. The van der Waals surface area contributed by atoms with E-state index in [0.717, 1.165) is 18.4 Å². The summed E-state index contributed by atoms with van der Waals surface area (Å²) in [4.78, 5) is 0. The van der Waals surface area contributed by atoms with Crippen LogP contribution in [-0.4, -0.2) is 26.0 Å². The van der Waals surface area contributed by atoms with Crippen molar-refractivity contribution in [1.29, 1.82) is 0 Å². The molecule has 0 radical (unpaired) electrons. The zero-order valence-electron chi connectivity index (χ0n) is 12.5. The Morgan fingerprint density at radius 1 is 1.24 bits per heavy atom. The van der Waals surface area contributed by atoms with Gasteiger partial charge in [0.2, 0.25) is 0 Å². The molecule has 0 aliphatic carbocycles. The van der Waals surface area contributed by atoms with Crippen LogP contribution in [0.25, 0.3) is 0 Å². The average molecular weight is 323 g/mol. The van der Waals surface area contributed by atoms with Crippen molar-refractivity contribution in [2.75, 3.05) is 12.8 Å². The van der Waals surface area contributed by atoms with Gasteiger partial charge in [0.05, 0.1) is 10.3 Å². The summed E-state index contributed by atoms with van der Waals surface area (Å²) < 4.78 is 60.2. The molecule has 0 heterocycles. The maximum absolute atomic E-state index is 12.7. The summed E-state index contributed by atoms with van der Waals surface area (Å²) in [5, 5.41) is 2.98. The van der Waals surface area contributed by atoms with E-state index in [2.05, 4.69) is 5.32 Å². The van der Waals surface area contributed by atoms with Gasteiger partial charge in [-0.05, 0) is 38.5 Å². The molecule has 7 heteroatoms. The zero-order chi connectivity index (χ0) is 16.5. The largest absolute Gasteiger partial charge is 0.416 e. The summed E-state index contributed by atoms with van der Waals surface area (Å²) in [5.74, 6) is 0. The molecule has 1 N–H and O–H groups in total.